The number of rotatable bonds is 8. The molecule has 21 heavy (non-hydrogen) atoms. The maximum atomic E-state index is 12.0. The van der Waals surface area contributed by atoms with Crippen molar-refractivity contribution in [3.05, 3.63) is 0 Å². The first-order chi connectivity index (χ1) is 9.93. The van der Waals surface area contributed by atoms with Gasteiger partial charge in [0, 0.05) is 6.42 Å². The second kappa shape index (κ2) is 8.64. The minimum atomic E-state index is -0.830. The molecule has 2 atom stereocenters. The predicted molar refractivity (Wildman–Crippen MR) is 78.1 cm³/mol. The van der Waals surface area contributed by atoms with Crippen LogP contribution in [0.3, 0.4) is 0 Å². The monoisotopic (exact) mass is 298 g/mol. The molecule has 1 aliphatic rings. The molecule has 0 aromatic rings. The number of nitrogens with one attached hydrogen (secondary N) is 1. The van der Waals surface area contributed by atoms with Gasteiger partial charge in [-0.2, -0.15) is 0 Å². The smallest absolute Gasteiger partial charge is 0.306 e. The summed E-state index contributed by atoms with van der Waals surface area (Å²) in [4.78, 5) is 35.0. The summed E-state index contributed by atoms with van der Waals surface area (Å²) in [6.07, 6.45) is 4.94. The average Bonchev–Trinajstić information content (AvgIpc) is 2.88. The molecule has 0 unspecified atom stereocenters. The van der Waals surface area contributed by atoms with Crippen LogP contribution in [-0.4, -0.2) is 30.4 Å². The molecule has 1 aliphatic carbocycles. The maximum Gasteiger partial charge on any atom is 0.306 e. The van der Waals surface area contributed by atoms with E-state index in [0.717, 1.165) is 25.7 Å². The first-order valence-corrected chi connectivity index (χ1v) is 7.68. The zero-order valence-electron chi connectivity index (χ0n) is 12.9. The molecule has 0 aliphatic heterocycles. The summed E-state index contributed by atoms with van der Waals surface area (Å²) >= 11 is 0. The molecular formula is C15H26N2O4. The number of hydrogen-bond donors (Lipinski definition) is 2. The Balaban J connectivity index is 2.49. The highest BCUT2D eigenvalue weighted by molar-refractivity contribution is 5.87. The molecule has 6 nitrogen and oxygen atoms in total. The molecule has 6 heteroatoms. The number of carbonyl (C=O) groups excluding carboxylic acids is 3. The zero-order chi connectivity index (χ0) is 15.8. The Morgan fingerprint density at radius 1 is 1.29 bits per heavy atom. The second-order valence-corrected chi connectivity index (χ2v) is 5.79. The highest BCUT2D eigenvalue weighted by Gasteiger charge is 2.28. The van der Waals surface area contributed by atoms with Gasteiger partial charge in [0.15, 0.2) is 0 Å². The maximum absolute atomic E-state index is 12.0. The molecule has 0 aromatic heterocycles. The fourth-order valence-electron chi connectivity index (χ4n) is 2.80. The number of ether oxygens (including phenoxy) is 1. The summed E-state index contributed by atoms with van der Waals surface area (Å²) in [5.74, 6) is -1.15. The standard InChI is InChI=1S/C15H26N2O4/c1-3-21-13(19)8-10(2)14(15(16)20)17-12(18)9-11-6-4-5-7-11/h10-11,14H,3-9H2,1-2H3,(H2,16,20)(H,17,18)/t10-,14+/m1/s1. The van der Waals surface area contributed by atoms with E-state index in [0.29, 0.717) is 18.9 Å². The molecule has 3 N–H and O–H groups in total. The van der Waals surface area contributed by atoms with Gasteiger partial charge in [0.05, 0.1) is 13.0 Å². The summed E-state index contributed by atoms with van der Waals surface area (Å²) in [5, 5.41) is 2.67. The minimum Gasteiger partial charge on any atom is -0.466 e. The zero-order valence-corrected chi connectivity index (χ0v) is 12.9. The molecule has 2 amide bonds. The van der Waals surface area contributed by atoms with E-state index in [2.05, 4.69) is 5.32 Å². The van der Waals surface area contributed by atoms with Gasteiger partial charge >= 0.3 is 5.97 Å². The molecule has 1 saturated carbocycles. The van der Waals surface area contributed by atoms with Crippen molar-refractivity contribution >= 4 is 17.8 Å². The number of primary amides is 1. The topological polar surface area (TPSA) is 98.5 Å². The molecule has 0 aromatic carbocycles. The van der Waals surface area contributed by atoms with Crippen molar-refractivity contribution in [2.75, 3.05) is 6.61 Å². The van der Waals surface area contributed by atoms with Crippen molar-refractivity contribution in [2.45, 2.75) is 58.4 Å². The lowest BCUT2D eigenvalue weighted by Gasteiger charge is -2.22. The van der Waals surface area contributed by atoms with Gasteiger partial charge in [-0.1, -0.05) is 19.8 Å². The van der Waals surface area contributed by atoms with Crippen LogP contribution in [-0.2, 0) is 19.1 Å². The average molecular weight is 298 g/mol. The highest BCUT2D eigenvalue weighted by atomic mass is 16.5. The number of esters is 1. The molecule has 0 spiro atoms. The normalized spacial score (nSPS) is 18.0. The molecule has 1 fully saturated rings. The van der Waals surface area contributed by atoms with Gasteiger partial charge in [0.25, 0.3) is 0 Å². The van der Waals surface area contributed by atoms with Crippen molar-refractivity contribution in [3.63, 3.8) is 0 Å². The van der Waals surface area contributed by atoms with Gasteiger partial charge in [-0.15, -0.1) is 0 Å². The highest BCUT2D eigenvalue weighted by Crippen LogP contribution is 2.27. The minimum absolute atomic E-state index is 0.0607. The Bertz CT molecular complexity index is 378. The Labute approximate surface area is 125 Å². The third-order valence-electron chi connectivity index (χ3n) is 3.93. The van der Waals surface area contributed by atoms with Gasteiger partial charge in [0.1, 0.15) is 6.04 Å². The van der Waals surface area contributed by atoms with Gasteiger partial charge in [0.2, 0.25) is 11.8 Å². The van der Waals surface area contributed by atoms with Crippen LogP contribution in [0.4, 0.5) is 0 Å². The van der Waals surface area contributed by atoms with Gasteiger partial charge in [-0.05, 0) is 31.6 Å². The van der Waals surface area contributed by atoms with Gasteiger partial charge in [-0.25, -0.2) is 0 Å². The Hall–Kier alpha value is -1.59. The van der Waals surface area contributed by atoms with E-state index in [9.17, 15) is 14.4 Å². The van der Waals surface area contributed by atoms with E-state index in [1.807, 2.05) is 0 Å². The summed E-state index contributed by atoms with van der Waals surface area (Å²) in [6.45, 7) is 3.72. The van der Waals surface area contributed by atoms with E-state index in [1.165, 1.54) is 0 Å². The molecule has 0 bridgehead atoms. The van der Waals surface area contributed by atoms with E-state index in [4.69, 9.17) is 10.5 Å². The van der Waals surface area contributed by atoms with E-state index in [-0.39, 0.29) is 24.2 Å². The van der Waals surface area contributed by atoms with E-state index < -0.39 is 11.9 Å². The van der Waals surface area contributed by atoms with E-state index >= 15 is 0 Å². The van der Waals surface area contributed by atoms with Crippen LogP contribution in [0.2, 0.25) is 0 Å². The lowest BCUT2D eigenvalue weighted by atomic mass is 9.96. The Morgan fingerprint density at radius 3 is 2.43 bits per heavy atom. The molecule has 0 heterocycles. The fourth-order valence-corrected chi connectivity index (χ4v) is 2.80. The number of hydrogen-bond acceptors (Lipinski definition) is 4. The Kier molecular flexibility index (Phi) is 7.19. The van der Waals surface area contributed by atoms with Crippen LogP contribution in [0.5, 0.6) is 0 Å². The second-order valence-electron chi connectivity index (χ2n) is 5.79. The third kappa shape index (κ3) is 6.14. The summed E-state index contributed by atoms with van der Waals surface area (Å²) in [6, 6.07) is -0.830. The summed E-state index contributed by atoms with van der Waals surface area (Å²) < 4.78 is 4.85. The van der Waals surface area contributed by atoms with Crippen LogP contribution >= 0.6 is 0 Å². The predicted octanol–water partition coefficient (Wildman–Crippen LogP) is 1.13. The summed E-state index contributed by atoms with van der Waals surface area (Å²) in [7, 11) is 0. The quantitative estimate of drug-likeness (QED) is 0.656. The first-order valence-electron chi connectivity index (χ1n) is 7.68. The molecule has 0 radical (unpaired) electrons. The van der Waals surface area contributed by atoms with Crippen molar-refractivity contribution < 1.29 is 19.1 Å². The first kappa shape index (κ1) is 17.5. The van der Waals surface area contributed by atoms with Crippen molar-refractivity contribution in [1.82, 2.24) is 5.32 Å². The van der Waals surface area contributed by atoms with Crippen LogP contribution in [0.15, 0.2) is 0 Å². The van der Waals surface area contributed by atoms with Crippen LogP contribution in [0.1, 0.15) is 52.4 Å². The SMILES string of the molecule is CCOC(=O)C[C@@H](C)[C@H](NC(=O)CC1CCCC1)C(N)=O. The largest absolute Gasteiger partial charge is 0.466 e. The molecular weight excluding hydrogens is 272 g/mol. The van der Waals surface area contributed by atoms with E-state index in [1.54, 1.807) is 13.8 Å². The van der Waals surface area contributed by atoms with Crippen molar-refractivity contribution in [3.8, 4) is 0 Å². The summed E-state index contributed by atoms with van der Waals surface area (Å²) in [5.41, 5.74) is 5.34. The lowest BCUT2D eigenvalue weighted by molar-refractivity contribution is -0.145. The van der Waals surface area contributed by atoms with Crippen LogP contribution < -0.4 is 11.1 Å². The number of nitrogens with two attached hydrogens (primary N) is 1. The van der Waals surface area contributed by atoms with Crippen LogP contribution in [0.25, 0.3) is 0 Å². The fraction of sp³-hybridized carbons (Fsp3) is 0.800. The van der Waals surface area contributed by atoms with Crippen LogP contribution in [0, 0.1) is 11.8 Å². The number of carbonyl (C=O) groups is 3. The van der Waals surface area contributed by atoms with Gasteiger partial charge in [-0.3, -0.25) is 14.4 Å². The number of amides is 2. The third-order valence-corrected chi connectivity index (χ3v) is 3.93. The molecule has 1 rings (SSSR count). The van der Waals surface area contributed by atoms with Crippen molar-refractivity contribution in [2.24, 2.45) is 17.6 Å². The lowest BCUT2D eigenvalue weighted by Crippen LogP contribution is -2.49. The Morgan fingerprint density at radius 2 is 1.90 bits per heavy atom. The molecule has 0 saturated heterocycles. The molecule has 120 valence electrons. The van der Waals surface area contributed by atoms with Crippen molar-refractivity contribution in [1.29, 1.82) is 0 Å². The van der Waals surface area contributed by atoms with Gasteiger partial charge < -0.3 is 15.8 Å².